The van der Waals surface area contributed by atoms with E-state index in [1.165, 1.54) is 16.7 Å². The number of rotatable bonds is 2. The van der Waals surface area contributed by atoms with Crippen LogP contribution in [0.15, 0.2) is 47.6 Å². The Bertz CT molecular complexity index is 1190. The topological polar surface area (TPSA) is 43.7 Å². The molecular formula is C25H28Cl2N2O2. The summed E-state index contributed by atoms with van der Waals surface area (Å²) in [6, 6.07) is 12.6. The average Bonchev–Trinajstić information content (AvgIpc) is 3.00. The molecule has 0 N–H and O–H groups in total. The fourth-order valence-electron chi connectivity index (χ4n) is 4.65. The monoisotopic (exact) mass is 458 g/mol. The highest BCUT2D eigenvalue weighted by Crippen LogP contribution is 2.47. The third-order valence-corrected chi connectivity index (χ3v) is 5.78. The summed E-state index contributed by atoms with van der Waals surface area (Å²) in [7, 11) is 1.72. The van der Waals surface area contributed by atoms with Gasteiger partial charge in [0.15, 0.2) is 11.5 Å². The van der Waals surface area contributed by atoms with E-state index in [9.17, 15) is 0 Å². The molecule has 4 nitrogen and oxygen atoms in total. The van der Waals surface area contributed by atoms with Crippen LogP contribution in [0.2, 0.25) is 0 Å². The van der Waals surface area contributed by atoms with E-state index in [1.807, 2.05) is 12.3 Å². The van der Waals surface area contributed by atoms with E-state index >= 15 is 0 Å². The van der Waals surface area contributed by atoms with Crippen LogP contribution < -0.4 is 9.47 Å². The van der Waals surface area contributed by atoms with Gasteiger partial charge in [-0.3, -0.25) is 9.98 Å². The van der Waals surface area contributed by atoms with Gasteiger partial charge >= 0.3 is 0 Å². The SMILES string of the molecule is COc1cc2c(c3c1OC(C)(C)C3)C(c1ccc3ncccc3c1)=NC(C)(C)C2.Cl.Cl. The molecule has 2 aliphatic rings. The van der Waals surface area contributed by atoms with Gasteiger partial charge in [-0.25, -0.2) is 0 Å². The Labute approximate surface area is 195 Å². The van der Waals surface area contributed by atoms with E-state index in [-0.39, 0.29) is 36.0 Å². The summed E-state index contributed by atoms with van der Waals surface area (Å²) in [5, 5.41) is 1.12. The van der Waals surface area contributed by atoms with Crippen LogP contribution in [0.25, 0.3) is 10.9 Å². The number of hydrogen-bond donors (Lipinski definition) is 0. The van der Waals surface area contributed by atoms with Crippen molar-refractivity contribution < 1.29 is 9.47 Å². The largest absolute Gasteiger partial charge is 0.493 e. The summed E-state index contributed by atoms with van der Waals surface area (Å²) < 4.78 is 12.0. The molecule has 0 saturated carbocycles. The maximum atomic E-state index is 6.30. The van der Waals surface area contributed by atoms with E-state index in [1.54, 1.807) is 7.11 Å². The van der Waals surface area contributed by atoms with Gasteiger partial charge in [-0.1, -0.05) is 12.1 Å². The molecule has 0 atom stereocenters. The molecule has 31 heavy (non-hydrogen) atoms. The molecule has 0 radical (unpaired) electrons. The van der Waals surface area contributed by atoms with Crippen LogP contribution >= 0.6 is 24.8 Å². The smallest absolute Gasteiger partial charge is 0.166 e. The van der Waals surface area contributed by atoms with Crippen LogP contribution in [0.4, 0.5) is 0 Å². The molecule has 3 aromatic rings. The number of halogens is 2. The lowest BCUT2D eigenvalue weighted by molar-refractivity contribution is 0.134. The summed E-state index contributed by atoms with van der Waals surface area (Å²) in [4.78, 5) is 9.68. The van der Waals surface area contributed by atoms with Crippen LogP contribution in [0.3, 0.4) is 0 Å². The van der Waals surface area contributed by atoms with Gasteiger partial charge in [0.1, 0.15) is 5.60 Å². The van der Waals surface area contributed by atoms with Crippen LogP contribution in [-0.4, -0.2) is 28.9 Å². The highest BCUT2D eigenvalue weighted by Gasteiger charge is 2.39. The number of hydrogen-bond acceptors (Lipinski definition) is 4. The molecule has 0 amide bonds. The van der Waals surface area contributed by atoms with Crippen molar-refractivity contribution >= 4 is 41.4 Å². The Morgan fingerprint density at radius 1 is 1.00 bits per heavy atom. The van der Waals surface area contributed by atoms with Crippen molar-refractivity contribution in [3.63, 3.8) is 0 Å². The zero-order valence-corrected chi connectivity index (χ0v) is 20.1. The van der Waals surface area contributed by atoms with Gasteiger partial charge in [0.2, 0.25) is 0 Å². The Morgan fingerprint density at radius 2 is 1.77 bits per heavy atom. The molecule has 1 aromatic heterocycles. The van der Waals surface area contributed by atoms with Crippen molar-refractivity contribution in [3.05, 3.63) is 64.8 Å². The third-order valence-electron chi connectivity index (χ3n) is 5.78. The van der Waals surface area contributed by atoms with Gasteiger partial charge < -0.3 is 9.47 Å². The summed E-state index contributed by atoms with van der Waals surface area (Å²) in [6.45, 7) is 8.64. The second-order valence-corrected chi connectivity index (χ2v) is 9.32. The first-order valence-electron chi connectivity index (χ1n) is 10.1. The highest BCUT2D eigenvalue weighted by atomic mass is 35.5. The van der Waals surface area contributed by atoms with Gasteiger partial charge in [-0.15, -0.1) is 24.8 Å². The summed E-state index contributed by atoms with van der Waals surface area (Å²) in [6.07, 6.45) is 3.55. The maximum absolute atomic E-state index is 6.30. The van der Waals surface area contributed by atoms with Crippen molar-refractivity contribution in [1.29, 1.82) is 0 Å². The second kappa shape index (κ2) is 7.99. The van der Waals surface area contributed by atoms with E-state index in [4.69, 9.17) is 14.5 Å². The second-order valence-electron chi connectivity index (χ2n) is 9.32. The molecule has 0 aliphatic carbocycles. The number of aliphatic imine (C=N–C) groups is 1. The first kappa shape index (κ1) is 23.4. The molecule has 164 valence electrons. The van der Waals surface area contributed by atoms with Gasteiger partial charge in [-0.05, 0) is 63.9 Å². The zero-order valence-electron chi connectivity index (χ0n) is 18.5. The Hall–Kier alpha value is -2.30. The summed E-state index contributed by atoms with van der Waals surface area (Å²) in [5.74, 6) is 1.69. The molecule has 0 fully saturated rings. The zero-order chi connectivity index (χ0) is 20.4. The number of fused-ring (bicyclic) bond motifs is 4. The van der Waals surface area contributed by atoms with Gasteiger partial charge in [-0.2, -0.15) is 0 Å². The van der Waals surface area contributed by atoms with Gasteiger partial charge in [0.25, 0.3) is 0 Å². The molecular weight excluding hydrogens is 431 g/mol. The molecule has 0 spiro atoms. The van der Waals surface area contributed by atoms with Crippen molar-refractivity contribution in [2.45, 2.75) is 51.7 Å². The molecule has 5 rings (SSSR count). The van der Waals surface area contributed by atoms with Crippen molar-refractivity contribution in [3.8, 4) is 11.5 Å². The molecule has 2 aliphatic heterocycles. The van der Waals surface area contributed by atoms with Gasteiger partial charge in [0, 0.05) is 34.7 Å². The van der Waals surface area contributed by atoms with E-state index in [2.05, 4.69) is 63.0 Å². The van der Waals surface area contributed by atoms with Crippen molar-refractivity contribution in [2.24, 2.45) is 4.99 Å². The Balaban J connectivity index is 0.00000136. The van der Waals surface area contributed by atoms with E-state index < -0.39 is 0 Å². The predicted molar refractivity (Wildman–Crippen MR) is 131 cm³/mol. The number of pyridine rings is 1. The minimum absolute atomic E-state index is 0. The lowest BCUT2D eigenvalue weighted by Crippen LogP contribution is -2.30. The average molecular weight is 459 g/mol. The highest BCUT2D eigenvalue weighted by molar-refractivity contribution is 6.17. The van der Waals surface area contributed by atoms with Gasteiger partial charge in [0.05, 0.1) is 23.9 Å². The fourth-order valence-corrected chi connectivity index (χ4v) is 4.65. The number of ether oxygens (including phenoxy) is 2. The molecule has 6 heteroatoms. The van der Waals surface area contributed by atoms with Crippen LogP contribution in [0, 0.1) is 0 Å². The summed E-state index contributed by atoms with van der Waals surface area (Å²) in [5.41, 5.74) is 6.44. The van der Waals surface area contributed by atoms with E-state index in [0.717, 1.165) is 46.5 Å². The normalized spacial score (nSPS) is 17.4. The minimum Gasteiger partial charge on any atom is -0.493 e. The molecule has 0 unspecified atom stereocenters. The number of benzene rings is 2. The Morgan fingerprint density at radius 3 is 2.52 bits per heavy atom. The molecule has 2 aromatic carbocycles. The number of methoxy groups -OCH3 is 1. The van der Waals surface area contributed by atoms with Crippen LogP contribution in [-0.2, 0) is 12.8 Å². The maximum Gasteiger partial charge on any atom is 0.166 e. The third kappa shape index (κ3) is 3.99. The molecule has 0 saturated heterocycles. The first-order chi connectivity index (χ1) is 13.8. The lowest BCUT2D eigenvalue weighted by atomic mass is 9.81. The number of nitrogens with zero attached hydrogens (tertiary/aromatic N) is 2. The first-order valence-corrected chi connectivity index (χ1v) is 10.1. The quantitative estimate of drug-likeness (QED) is 0.474. The molecule has 3 heterocycles. The van der Waals surface area contributed by atoms with Crippen LogP contribution in [0.1, 0.15) is 49.9 Å². The standard InChI is InChI=1S/C25H26N2O2.2ClH/c1-24(2)13-17-12-20(28-5)23-18(14-25(3,4)29-23)21(17)22(27-24)16-8-9-19-15(11-16)7-6-10-26-19;;/h6-12H,13-14H2,1-5H3;2*1H. The van der Waals surface area contributed by atoms with E-state index in [0.29, 0.717) is 0 Å². The Kier molecular flexibility index (Phi) is 6.03. The predicted octanol–water partition coefficient (Wildman–Crippen LogP) is 5.97. The minimum atomic E-state index is -0.254. The van der Waals surface area contributed by atoms with Crippen molar-refractivity contribution in [2.75, 3.05) is 7.11 Å². The van der Waals surface area contributed by atoms with Crippen LogP contribution in [0.5, 0.6) is 11.5 Å². The van der Waals surface area contributed by atoms with Crippen molar-refractivity contribution in [1.82, 2.24) is 4.98 Å². The fraction of sp³-hybridized carbons (Fsp3) is 0.360. The lowest BCUT2D eigenvalue weighted by Gasteiger charge is -2.31. The summed E-state index contributed by atoms with van der Waals surface area (Å²) >= 11 is 0. The molecule has 0 bridgehead atoms. The number of aromatic nitrogens is 1.